The van der Waals surface area contributed by atoms with Gasteiger partial charge in [-0.1, -0.05) is 146 Å². The highest BCUT2D eigenvalue weighted by atomic mass is 15.1. The molecule has 2 aliphatic carbocycles. The topological polar surface area (TPSA) is 17.8 Å². The van der Waals surface area contributed by atoms with E-state index in [0.717, 1.165) is 23.4 Å². The molecule has 0 atom stereocenters. The molecule has 0 amide bonds. The molecular weight excluding hydrogens is 605 g/mol. The lowest BCUT2D eigenvalue weighted by atomic mass is 9.70. The summed E-state index contributed by atoms with van der Waals surface area (Å²) < 4.78 is 2.31. The average Bonchev–Trinajstić information content (AvgIpc) is 3.82. The minimum atomic E-state index is -0.424. The van der Waals surface area contributed by atoms with E-state index in [0.29, 0.717) is 0 Å². The fourth-order valence-corrected chi connectivity index (χ4v) is 9.41. The van der Waals surface area contributed by atoms with E-state index in [4.69, 9.17) is 4.98 Å². The van der Waals surface area contributed by atoms with Crippen LogP contribution in [0.1, 0.15) is 29.2 Å². The van der Waals surface area contributed by atoms with Crippen LogP contribution in [0.4, 0.5) is 0 Å². The molecule has 9 aromatic rings. The van der Waals surface area contributed by atoms with E-state index in [9.17, 15) is 0 Å². The first-order valence-corrected chi connectivity index (χ1v) is 17.6. The van der Waals surface area contributed by atoms with Gasteiger partial charge in [-0.25, -0.2) is 4.98 Å². The summed E-state index contributed by atoms with van der Waals surface area (Å²) in [5, 5.41) is 5.16. The Balaban J connectivity index is 1.22. The lowest BCUT2D eigenvalue weighted by molar-refractivity contribution is 0.795. The van der Waals surface area contributed by atoms with Crippen molar-refractivity contribution in [3.63, 3.8) is 0 Å². The number of benzene rings is 8. The molecule has 234 valence electrons. The van der Waals surface area contributed by atoms with Gasteiger partial charge < -0.3 is 4.57 Å². The first-order chi connectivity index (χ1) is 24.8. The van der Waals surface area contributed by atoms with Crippen molar-refractivity contribution in [2.24, 2.45) is 0 Å². The highest BCUT2D eigenvalue weighted by molar-refractivity contribution is 6.16. The third-order valence-electron chi connectivity index (χ3n) is 11.4. The van der Waals surface area contributed by atoms with Gasteiger partial charge in [0.1, 0.15) is 5.82 Å². The Kier molecular flexibility index (Phi) is 5.61. The van der Waals surface area contributed by atoms with E-state index in [-0.39, 0.29) is 0 Å². The van der Waals surface area contributed by atoms with Crippen molar-refractivity contribution >= 4 is 32.6 Å². The number of imidazole rings is 1. The molecule has 0 saturated heterocycles. The van der Waals surface area contributed by atoms with Gasteiger partial charge in [-0.2, -0.15) is 0 Å². The number of hydrogen-bond donors (Lipinski definition) is 0. The first kappa shape index (κ1) is 27.7. The van der Waals surface area contributed by atoms with Crippen LogP contribution >= 0.6 is 0 Å². The number of nitrogens with zero attached hydrogens (tertiary/aromatic N) is 2. The Bertz CT molecular complexity index is 2810. The number of aryl methyl sites for hydroxylation is 1. The predicted molar refractivity (Wildman–Crippen MR) is 208 cm³/mol. The van der Waals surface area contributed by atoms with Crippen LogP contribution in [0.2, 0.25) is 0 Å². The molecular formula is C48H32N2. The SMILES string of the molecule is CCn1c(-c2ccc(-c3cc4c(c5ccccc35)-c3c(ccc5ccccc35)C43c4ccccc4-c4ccccc43)cc2)nc2ccccc21. The van der Waals surface area contributed by atoms with Gasteiger partial charge in [-0.15, -0.1) is 0 Å². The molecule has 1 aromatic heterocycles. The second kappa shape index (κ2) is 10.1. The Morgan fingerprint density at radius 3 is 1.84 bits per heavy atom. The third kappa shape index (κ3) is 3.45. The summed E-state index contributed by atoms with van der Waals surface area (Å²) in [5.41, 5.74) is 16.2. The van der Waals surface area contributed by atoms with Crippen LogP contribution in [0.25, 0.3) is 77.3 Å². The van der Waals surface area contributed by atoms with Crippen molar-refractivity contribution in [1.29, 1.82) is 0 Å². The van der Waals surface area contributed by atoms with Crippen LogP contribution in [-0.2, 0) is 12.0 Å². The zero-order valence-electron chi connectivity index (χ0n) is 27.7. The van der Waals surface area contributed by atoms with Gasteiger partial charge in [0, 0.05) is 12.1 Å². The van der Waals surface area contributed by atoms with Gasteiger partial charge in [0.15, 0.2) is 0 Å². The van der Waals surface area contributed by atoms with Crippen LogP contribution in [0.3, 0.4) is 0 Å². The fraction of sp³-hybridized carbons (Fsp3) is 0.0625. The standard InChI is InChI=1S/C48H32N2/c1-2-50-44-22-12-11-21-43(44)49-47(50)32-25-23-31(24-26-32)38-29-42-46(37-18-6-5-15-34(37)38)45-33-14-4-3-13-30(33)27-28-41(45)48(42)39-19-9-7-16-35(39)36-17-8-10-20-40(36)48/h3-29H,2H2,1H3. The number of para-hydroxylation sites is 2. The number of rotatable bonds is 3. The monoisotopic (exact) mass is 636 g/mol. The van der Waals surface area contributed by atoms with Crippen molar-refractivity contribution in [3.8, 4) is 44.8 Å². The maximum Gasteiger partial charge on any atom is 0.141 e. The van der Waals surface area contributed by atoms with Gasteiger partial charge in [0.2, 0.25) is 0 Å². The second-order valence-corrected chi connectivity index (χ2v) is 13.7. The zero-order chi connectivity index (χ0) is 33.0. The number of aromatic nitrogens is 2. The maximum atomic E-state index is 5.05. The minimum absolute atomic E-state index is 0.424. The molecule has 0 bridgehead atoms. The third-order valence-corrected chi connectivity index (χ3v) is 11.4. The van der Waals surface area contributed by atoms with Gasteiger partial charge in [0.25, 0.3) is 0 Å². The van der Waals surface area contributed by atoms with E-state index >= 15 is 0 Å². The van der Waals surface area contributed by atoms with E-state index < -0.39 is 5.41 Å². The number of fused-ring (bicyclic) bond motifs is 15. The van der Waals surface area contributed by atoms with Crippen LogP contribution in [0.15, 0.2) is 164 Å². The van der Waals surface area contributed by atoms with Gasteiger partial charge >= 0.3 is 0 Å². The van der Waals surface area contributed by atoms with E-state index in [1.807, 2.05) is 0 Å². The van der Waals surface area contributed by atoms with E-state index in [1.54, 1.807) is 0 Å². The highest BCUT2D eigenvalue weighted by Gasteiger charge is 2.52. The Hall–Kier alpha value is -6.25. The van der Waals surface area contributed by atoms with Crippen LogP contribution in [0, 0.1) is 0 Å². The molecule has 8 aromatic carbocycles. The molecule has 0 fully saturated rings. The van der Waals surface area contributed by atoms with Crippen molar-refractivity contribution in [1.82, 2.24) is 9.55 Å². The molecule has 2 heteroatoms. The normalized spacial score (nSPS) is 13.5. The first-order valence-electron chi connectivity index (χ1n) is 17.6. The lowest BCUT2D eigenvalue weighted by Gasteiger charge is -2.31. The smallest absolute Gasteiger partial charge is 0.141 e. The molecule has 2 aliphatic rings. The Labute approximate surface area is 290 Å². The van der Waals surface area contributed by atoms with Crippen molar-refractivity contribution in [3.05, 3.63) is 186 Å². The predicted octanol–water partition coefficient (Wildman–Crippen LogP) is 12.0. The summed E-state index contributed by atoms with van der Waals surface area (Å²) >= 11 is 0. The summed E-state index contributed by atoms with van der Waals surface area (Å²) in [5.74, 6) is 1.01. The van der Waals surface area contributed by atoms with Gasteiger partial charge in [-0.05, 0) is 102 Å². The van der Waals surface area contributed by atoms with E-state index in [2.05, 4.69) is 175 Å². The second-order valence-electron chi connectivity index (χ2n) is 13.7. The summed E-state index contributed by atoms with van der Waals surface area (Å²) in [4.78, 5) is 5.05. The lowest BCUT2D eigenvalue weighted by Crippen LogP contribution is -2.26. The summed E-state index contributed by atoms with van der Waals surface area (Å²) in [6.45, 7) is 3.06. The summed E-state index contributed by atoms with van der Waals surface area (Å²) in [7, 11) is 0. The Morgan fingerprint density at radius 1 is 0.480 bits per heavy atom. The maximum absolute atomic E-state index is 5.05. The van der Waals surface area contributed by atoms with Crippen molar-refractivity contribution in [2.45, 2.75) is 18.9 Å². The van der Waals surface area contributed by atoms with Gasteiger partial charge in [0.05, 0.1) is 16.4 Å². The molecule has 0 N–H and O–H groups in total. The van der Waals surface area contributed by atoms with Crippen molar-refractivity contribution < 1.29 is 0 Å². The quantitative estimate of drug-likeness (QED) is 0.189. The van der Waals surface area contributed by atoms with Crippen LogP contribution < -0.4 is 0 Å². The van der Waals surface area contributed by atoms with Gasteiger partial charge in [-0.3, -0.25) is 0 Å². The van der Waals surface area contributed by atoms with Crippen LogP contribution in [-0.4, -0.2) is 9.55 Å². The highest BCUT2D eigenvalue weighted by Crippen LogP contribution is 2.65. The van der Waals surface area contributed by atoms with Crippen molar-refractivity contribution in [2.75, 3.05) is 0 Å². The molecule has 0 radical (unpaired) electrons. The molecule has 1 spiro atoms. The Morgan fingerprint density at radius 2 is 1.08 bits per heavy atom. The van der Waals surface area contributed by atoms with Crippen LogP contribution in [0.5, 0.6) is 0 Å². The summed E-state index contributed by atoms with van der Waals surface area (Å²) in [6, 6.07) is 60.9. The molecule has 0 unspecified atom stereocenters. The molecule has 1 heterocycles. The minimum Gasteiger partial charge on any atom is -0.324 e. The molecule has 0 aliphatic heterocycles. The average molecular weight is 637 g/mol. The largest absolute Gasteiger partial charge is 0.324 e. The molecule has 50 heavy (non-hydrogen) atoms. The van der Waals surface area contributed by atoms with E-state index in [1.165, 1.54) is 82.7 Å². The molecule has 2 nitrogen and oxygen atoms in total. The number of hydrogen-bond acceptors (Lipinski definition) is 1. The summed E-state index contributed by atoms with van der Waals surface area (Å²) in [6.07, 6.45) is 0. The molecule has 0 saturated carbocycles. The zero-order valence-corrected chi connectivity index (χ0v) is 27.7. The molecule has 11 rings (SSSR count). The fourth-order valence-electron chi connectivity index (χ4n) is 9.41.